The molecule has 13 heavy (non-hydrogen) atoms. The van der Waals surface area contributed by atoms with Crippen molar-refractivity contribution in [3.8, 4) is 6.07 Å². The molecule has 0 amide bonds. The Balaban J connectivity index is 2.37. The molecule has 0 unspecified atom stereocenters. The maximum absolute atomic E-state index is 8.57. The number of anilines is 1. The van der Waals surface area contributed by atoms with Crippen molar-refractivity contribution >= 4 is 23.0 Å². The molecule has 1 aliphatic heterocycles. The van der Waals surface area contributed by atoms with Gasteiger partial charge in [-0.25, -0.2) is 5.01 Å². The van der Waals surface area contributed by atoms with Gasteiger partial charge >= 0.3 is 0 Å². The van der Waals surface area contributed by atoms with Gasteiger partial charge in [0.15, 0.2) is 0 Å². The number of rotatable bonds is 1. The zero-order valence-corrected chi connectivity index (χ0v) is 7.66. The molecule has 0 aliphatic carbocycles. The topological polar surface area (TPSA) is 39.4 Å². The summed E-state index contributed by atoms with van der Waals surface area (Å²) in [6.07, 6.45) is 0. The van der Waals surface area contributed by atoms with E-state index in [1.54, 1.807) is 22.3 Å². The van der Waals surface area contributed by atoms with Crippen LogP contribution in [0.5, 0.6) is 0 Å². The Bertz CT molecular complexity index is 381. The van der Waals surface area contributed by atoms with Crippen LogP contribution in [0.4, 0.5) is 5.69 Å². The molecule has 2 rings (SSSR count). The first-order valence-corrected chi connectivity index (χ1v) is 4.72. The van der Waals surface area contributed by atoms with Gasteiger partial charge in [-0.05, 0) is 12.1 Å². The maximum Gasteiger partial charge on any atom is 0.128 e. The predicted octanol–water partition coefficient (Wildman–Crippen LogP) is 2.07. The summed E-state index contributed by atoms with van der Waals surface area (Å²) in [5.74, 6) is 0. The van der Waals surface area contributed by atoms with Crippen LogP contribution in [0.1, 0.15) is 0 Å². The summed E-state index contributed by atoms with van der Waals surface area (Å²) in [7, 11) is 0. The van der Waals surface area contributed by atoms with Crippen LogP contribution >= 0.6 is 11.8 Å². The molecule has 0 atom stereocenters. The minimum absolute atomic E-state index is 0.300. The third-order valence-electron chi connectivity index (χ3n) is 1.73. The van der Waals surface area contributed by atoms with Gasteiger partial charge in [-0.1, -0.05) is 23.9 Å². The van der Waals surface area contributed by atoms with E-state index >= 15 is 0 Å². The molecule has 1 aliphatic rings. The Kier molecular flexibility index (Phi) is 2.19. The summed E-state index contributed by atoms with van der Waals surface area (Å²) < 4.78 is 0. The maximum atomic E-state index is 8.57. The summed E-state index contributed by atoms with van der Waals surface area (Å²) in [5, 5.41) is 14.4. The molecule has 0 fully saturated rings. The minimum atomic E-state index is 0.300. The fraction of sp³-hybridized carbons (Fsp3) is 0.111. The molecule has 0 saturated heterocycles. The second-order valence-corrected chi connectivity index (χ2v) is 3.41. The van der Waals surface area contributed by atoms with Crippen LogP contribution in [-0.4, -0.2) is 12.1 Å². The number of benzene rings is 1. The predicted molar refractivity (Wildman–Crippen MR) is 53.8 cm³/mol. The second kappa shape index (κ2) is 3.50. The Morgan fingerprint density at radius 3 is 3.15 bits per heavy atom. The van der Waals surface area contributed by atoms with Gasteiger partial charge in [0.05, 0.1) is 17.3 Å². The number of nitrogens with zero attached hydrogens (tertiary/aromatic N) is 3. The van der Waals surface area contributed by atoms with Crippen LogP contribution in [-0.2, 0) is 0 Å². The van der Waals surface area contributed by atoms with Crippen molar-refractivity contribution < 1.29 is 0 Å². The van der Waals surface area contributed by atoms with Gasteiger partial charge < -0.3 is 0 Å². The molecule has 64 valence electrons. The number of hydrazone groups is 1. The number of nitriles is 1. The van der Waals surface area contributed by atoms with Crippen LogP contribution in [0.15, 0.2) is 34.3 Å². The summed E-state index contributed by atoms with van der Waals surface area (Å²) in [6.45, 7) is 0.300. The van der Waals surface area contributed by atoms with Crippen LogP contribution in [0.3, 0.4) is 0 Å². The Morgan fingerprint density at radius 1 is 1.46 bits per heavy atom. The van der Waals surface area contributed by atoms with E-state index in [0.29, 0.717) is 6.54 Å². The lowest BCUT2D eigenvalue weighted by Crippen LogP contribution is -2.18. The number of fused-ring (bicyclic) bond motifs is 1. The summed E-state index contributed by atoms with van der Waals surface area (Å²) in [5.41, 5.74) is 2.76. The van der Waals surface area contributed by atoms with Crippen molar-refractivity contribution in [1.82, 2.24) is 0 Å². The molecule has 1 aromatic carbocycles. The highest BCUT2D eigenvalue weighted by Crippen LogP contribution is 2.32. The summed E-state index contributed by atoms with van der Waals surface area (Å²) in [4.78, 5) is 1.15. The van der Waals surface area contributed by atoms with Gasteiger partial charge in [0, 0.05) is 4.90 Å². The molecule has 4 heteroatoms. The van der Waals surface area contributed by atoms with E-state index in [1.807, 2.05) is 24.3 Å². The van der Waals surface area contributed by atoms with E-state index in [9.17, 15) is 0 Å². The summed E-state index contributed by atoms with van der Waals surface area (Å²) >= 11 is 1.58. The van der Waals surface area contributed by atoms with Crippen molar-refractivity contribution in [3.63, 3.8) is 0 Å². The molecule has 0 spiro atoms. The van der Waals surface area contributed by atoms with Crippen LogP contribution in [0.25, 0.3) is 0 Å². The van der Waals surface area contributed by atoms with Gasteiger partial charge in [0.25, 0.3) is 0 Å². The molecule has 1 aromatic rings. The molecule has 3 nitrogen and oxygen atoms in total. The van der Waals surface area contributed by atoms with E-state index in [-0.39, 0.29) is 0 Å². The van der Waals surface area contributed by atoms with Crippen molar-refractivity contribution in [2.45, 2.75) is 4.90 Å². The highest BCUT2D eigenvalue weighted by molar-refractivity contribution is 8.12. The summed E-state index contributed by atoms with van der Waals surface area (Å²) in [6, 6.07) is 10.0. The first-order valence-electron chi connectivity index (χ1n) is 3.84. The lowest BCUT2D eigenvalue weighted by molar-refractivity contribution is 0.934. The Labute approximate surface area is 80.7 Å². The Hall–Kier alpha value is -1.47. The molecule has 0 radical (unpaired) electrons. The molecule has 0 N–H and O–H groups in total. The zero-order valence-electron chi connectivity index (χ0n) is 6.84. The van der Waals surface area contributed by atoms with Crippen molar-refractivity contribution in [2.24, 2.45) is 5.10 Å². The van der Waals surface area contributed by atoms with E-state index in [2.05, 4.69) is 11.2 Å². The van der Waals surface area contributed by atoms with Gasteiger partial charge in [-0.2, -0.15) is 10.4 Å². The SMILES string of the molecule is N#CCN1N=CSc2ccccc21. The molecular formula is C9H7N3S. The van der Waals surface area contributed by atoms with Crippen LogP contribution in [0.2, 0.25) is 0 Å². The number of para-hydroxylation sites is 1. The highest BCUT2D eigenvalue weighted by Gasteiger charge is 2.12. The van der Waals surface area contributed by atoms with Crippen LogP contribution < -0.4 is 5.01 Å². The van der Waals surface area contributed by atoms with E-state index in [4.69, 9.17) is 5.26 Å². The first-order chi connectivity index (χ1) is 6.42. The number of thioether (sulfide) groups is 1. The van der Waals surface area contributed by atoms with Gasteiger partial charge in [0.2, 0.25) is 0 Å². The fourth-order valence-electron chi connectivity index (χ4n) is 1.16. The highest BCUT2D eigenvalue weighted by atomic mass is 32.2. The van der Waals surface area contributed by atoms with E-state index < -0.39 is 0 Å². The van der Waals surface area contributed by atoms with E-state index in [0.717, 1.165) is 10.6 Å². The largest absolute Gasteiger partial charge is 0.250 e. The molecule has 0 bridgehead atoms. The molecular weight excluding hydrogens is 182 g/mol. The quantitative estimate of drug-likeness (QED) is 0.635. The number of hydrogen-bond donors (Lipinski definition) is 0. The molecule has 1 heterocycles. The third-order valence-corrected chi connectivity index (χ3v) is 2.53. The normalized spacial score (nSPS) is 13.6. The van der Waals surface area contributed by atoms with Crippen LogP contribution in [0, 0.1) is 11.3 Å². The third kappa shape index (κ3) is 1.51. The number of hydrogen-bond acceptors (Lipinski definition) is 4. The van der Waals surface area contributed by atoms with Gasteiger partial charge in [0.1, 0.15) is 6.54 Å². The zero-order chi connectivity index (χ0) is 9.10. The standard InChI is InChI=1S/C9H7N3S/c10-5-6-12-8-3-1-2-4-9(8)13-7-11-12/h1-4,7H,6H2. The molecule has 0 aromatic heterocycles. The van der Waals surface area contributed by atoms with Crippen molar-refractivity contribution in [3.05, 3.63) is 24.3 Å². The van der Waals surface area contributed by atoms with Gasteiger partial charge in [-0.3, -0.25) is 0 Å². The Morgan fingerprint density at radius 2 is 2.31 bits per heavy atom. The molecule has 0 saturated carbocycles. The smallest absolute Gasteiger partial charge is 0.128 e. The van der Waals surface area contributed by atoms with E-state index in [1.165, 1.54) is 0 Å². The lowest BCUT2D eigenvalue weighted by atomic mass is 10.3. The van der Waals surface area contributed by atoms with Gasteiger partial charge in [-0.15, -0.1) is 0 Å². The first kappa shape index (κ1) is 8.14. The van der Waals surface area contributed by atoms with Crippen molar-refractivity contribution in [1.29, 1.82) is 5.26 Å². The average Bonchev–Trinajstić information content (AvgIpc) is 2.19. The monoisotopic (exact) mass is 189 g/mol. The second-order valence-electron chi connectivity index (χ2n) is 2.52. The lowest BCUT2D eigenvalue weighted by Gasteiger charge is -2.21. The van der Waals surface area contributed by atoms with Crippen molar-refractivity contribution in [2.75, 3.05) is 11.6 Å². The fourth-order valence-corrected chi connectivity index (χ4v) is 1.89. The average molecular weight is 189 g/mol. The minimum Gasteiger partial charge on any atom is -0.250 e.